The van der Waals surface area contributed by atoms with Crippen LogP contribution in [-0.4, -0.2) is 21.8 Å². The molecule has 0 N–H and O–H groups in total. The molecule has 0 bridgehead atoms. The first kappa shape index (κ1) is 23.4. The van der Waals surface area contributed by atoms with Gasteiger partial charge in [0.2, 0.25) is 0 Å². The molecule has 2 aromatic carbocycles. The van der Waals surface area contributed by atoms with Gasteiger partial charge >= 0.3 is 0 Å². The molecule has 0 aliphatic heterocycles. The summed E-state index contributed by atoms with van der Waals surface area (Å²) in [6.07, 6.45) is 1.12. The van der Waals surface area contributed by atoms with Gasteiger partial charge in [-0.1, -0.05) is 100 Å². The second kappa shape index (κ2) is 9.75. The van der Waals surface area contributed by atoms with Crippen LogP contribution in [0, 0.1) is 0 Å². The zero-order valence-corrected chi connectivity index (χ0v) is 21.4. The van der Waals surface area contributed by atoms with Gasteiger partial charge in [-0.2, -0.15) is 0 Å². The third-order valence-electron chi connectivity index (χ3n) is 6.50. The molecule has 0 fully saturated rings. The van der Waals surface area contributed by atoms with Gasteiger partial charge in [0.05, 0.1) is 20.3 Å². The van der Waals surface area contributed by atoms with Crippen LogP contribution in [0.3, 0.4) is 0 Å². The van der Waals surface area contributed by atoms with Crippen molar-refractivity contribution in [3.05, 3.63) is 65.2 Å². The first-order chi connectivity index (χ1) is 13.1. The van der Waals surface area contributed by atoms with Crippen molar-refractivity contribution in [2.45, 2.75) is 70.9 Å². The molecule has 0 heterocycles. The first-order valence-electron chi connectivity index (χ1n) is 10.5. The van der Waals surface area contributed by atoms with Gasteiger partial charge in [0.1, 0.15) is 0 Å². The maximum Gasteiger partial charge on any atom is 0.0822 e. The van der Waals surface area contributed by atoms with Crippen molar-refractivity contribution in [1.82, 2.24) is 0 Å². The second-order valence-electron chi connectivity index (χ2n) is 9.50. The Bertz CT molecular complexity index is 733. The van der Waals surface area contributed by atoms with Crippen molar-refractivity contribution >= 4 is 32.0 Å². The minimum absolute atomic E-state index is 0.143. The number of benzene rings is 2. The Labute approximate surface area is 179 Å². The fourth-order valence-electron chi connectivity index (χ4n) is 3.29. The maximum absolute atomic E-state index is 6.30. The largest absolute Gasteiger partial charge is 0.373 e. The van der Waals surface area contributed by atoms with Gasteiger partial charge in [-0.15, -0.1) is 11.6 Å². The molecule has 0 aliphatic carbocycles. The maximum atomic E-state index is 6.30. The van der Waals surface area contributed by atoms with E-state index in [1.807, 2.05) is 0 Å². The first-order valence-corrected chi connectivity index (χ1v) is 18.5. The van der Waals surface area contributed by atoms with Gasteiger partial charge < -0.3 is 4.74 Å². The van der Waals surface area contributed by atoms with Gasteiger partial charge in [0, 0.05) is 19.4 Å². The fourth-order valence-corrected chi connectivity index (χ4v) is 8.43. The summed E-state index contributed by atoms with van der Waals surface area (Å²) < 4.78 is 6.30. The summed E-state index contributed by atoms with van der Waals surface area (Å²) in [7, 11) is -2.48. The Morgan fingerprint density at radius 3 is 1.86 bits per heavy atom. The zero-order valence-electron chi connectivity index (χ0n) is 18.7. The lowest BCUT2D eigenvalue weighted by molar-refractivity contribution is 0.0423. The van der Waals surface area contributed by atoms with Crippen molar-refractivity contribution in [1.29, 1.82) is 0 Å². The number of rotatable bonds is 9. The standard InChI is InChI=1S/C24H37ClOSi2/c1-8-24(22-11-9-20(17-25)10-12-22)26-18-19(2)21-13-15-23(16-14-21)28(6,7)27(3,4)5/h9-16,19,24H,8,17-18H2,1-7H3. The highest BCUT2D eigenvalue weighted by atomic mass is 35.5. The number of hydrogen-bond donors (Lipinski definition) is 0. The average molecular weight is 433 g/mol. The molecular weight excluding hydrogens is 396 g/mol. The van der Waals surface area contributed by atoms with E-state index in [9.17, 15) is 0 Å². The van der Waals surface area contributed by atoms with Crippen molar-refractivity contribution in [2.24, 2.45) is 0 Å². The Hall–Kier alpha value is -0.876. The molecular formula is C24H37ClOSi2. The lowest BCUT2D eigenvalue weighted by atomic mass is 10.0. The Kier molecular flexibility index (Phi) is 8.15. The Morgan fingerprint density at radius 1 is 0.857 bits per heavy atom. The molecule has 2 atom stereocenters. The molecule has 4 heteroatoms. The highest BCUT2D eigenvalue weighted by Gasteiger charge is 2.38. The Balaban J connectivity index is 2.02. The lowest BCUT2D eigenvalue weighted by Gasteiger charge is -2.36. The van der Waals surface area contributed by atoms with Crippen molar-refractivity contribution < 1.29 is 4.74 Å². The van der Waals surface area contributed by atoms with Crippen LogP contribution in [0.5, 0.6) is 0 Å². The smallest absolute Gasteiger partial charge is 0.0822 e. The van der Waals surface area contributed by atoms with Crippen LogP contribution in [0.15, 0.2) is 48.5 Å². The minimum Gasteiger partial charge on any atom is -0.373 e. The van der Waals surface area contributed by atoms with Crippen LogP contribution in [0.1, 0.15) is 49.0 Å². The average Bonchev–Trinajstić information content (AvgIpc) is 2.68. The van der Waals surface area contributed by atoms with Crippen LogP contribution >= 0.6 is 11.6 Å². The molecule has 0 saturated carbocycles. The number of ether oxygens (including phenoxy) is 1. The number of halogens is 1. The molecule has 2 rings (SSSR count). The van der Waals surface area contributed by atoms with Crippen molar-refractivity contribution in [2.75, 3.05) is 6.61 Å². The SMILES string of the molecule is CCC(OCC(C)c1ccc([Si](C)(C)[Si](C)(C)C)cc1)c1ccc(CCl)cc1. The second-order valence-corrected chi connectivity index (χ2v) is 26.3. The summed E-state index contributed by atoms with van der Waals surface area (Å²) in [5.74, 6) is 0.948. The molecule has 28 heavy (non-hydrogen) atoms. The number of alkyl halides is 1. The van der Waals surface area contributed by atoms with Gasteiger partial charge in [0.15, 0.2) is 0 Å². The van der Waals surface area contributed by atoms with Crippen molar-refractivity contribution in [3.8, 4) is 0 Å². The van der Waals surface area contributed by atoms with Crippen LogP contribution in [0.2, 0.25) is 32.7 Å². The molecule has 0 aliphatic rings. The summed E-state index contributed by atoms with van der Waals surface area (Å²) in [4.78, 5) is 0. The predicted molar refractivity (Wildman–Crippen MR) is 130 cm³/mol. The monoisotopic (exact) mass is 432 g/mol. The molecule has 1 nitrogen and oxygen atoms in total. The van der Waals surface area contributed by atoms with Crippen LogP contribution in [0.4, 0.5) is 0 Å². The Morgan fingerprint density at radius 2 is 1.39 bits per heavy atom. The van der Waals surface area contributed by atoms with E-state index < -0.39 is 15.2 Å². The molecule has 0 radical (unpaired) electrons. The molecule has 0 amide bonds. The molecule has 0 spiro atoms. The van der Waals surface area contributed by atoms with Crippen LogP contribution < -0.4 is 5.19 Å². The molecule has 0 aromatic heterocycles. The van der Waals surface area contributed by atoms with E-state index >= 15 is 0 Å². The normalized spacial score (nSPS) is 14.7. The summed E-state index contributed by atoms with van der Waals surface area (Å²) >= 11 is 5.90. The zero-order chi connectivity index (χ0) is 20.9. The van der Waals surface area contributed by atoms with E-state index in [0.717, 1.165) is 18.6 Å². The van der Waals surface area contributed by atoms with Crippen molar-refractivity contribution in [3.63, 3.8) is 0 Å². The van der Waals surface area contributed by atoms with Gasteiger partial charge in [-0.3, -0.25) is 0 Å². The summed E-state index contributed by atoms with van der Waals surface area (Å²) in [6.45, 7) is 17.8. The van der Waals surface area contributed by atoms with Crippen LogP contribution in [0.25, 0.3) is 0 Å². The van der Waals surface area contributed by atoms with E-state index in [-0.39, 0.29) is 6.10 Å². The summed E-state index contributed by atoms with van der Waals surface area (Å²) in [5, 5.41) is 1.59. The quantitative estimate of drug-likeness (QED) is 0.305. The molecule has 0 saturated heterocycles. The third kappa shape index (κ3) is 5.59. The van der Waals surface area contributed by atoms with E-state index in [4.69, 9.17) is 16.3 Å². The van der Waals surface area contributed by atoms with E-state index in [1.165, 1.54) is 11.1 Å². The summed E-state index contributed by atoms with van der Waals surface area (Å²) in [6, 6.07) is 17.9. The predicted octanol–water partition coefficient (Wildman–Crippen LogP) is 7.03. The van der Waals surface area contributed by atoms with Gasteiger partial charge in [0.25, 0.3) is 0 Å². The third-order valence-corrected chi connectivity index (χ3v) is 24.5. The summed E-state index contributed by atoms with van der Waals surface area (Å²) in [5.41, 5.74) is 3.76. The molecule has 154 valence electrons. The molecule has 2 unspecified atom stereocenters. The number of hydrogen-bond acceptors (Lipinski definition) is 1. The molecule has 2 aromatic rings. The highest BCUT2D eigenvalue weighted by molar-refractivity contribution is 7.45. The van der Waals surface area contributed by atoms with Gasteiger partial charge in [-0.25, -0.2) is 0 Å². The van der Waals surface area contributed by atoms with Crippen LogP contribution in [-0.2, 0) is 10.6 Å². The van der Waals surface area contributed by atoms with E-state index in [1.54, 1.807) is 5.19 Å². The van der Waals surface area contributed by atoms with E-state index in [2.05, 4.69) is 95.1 Å². The van der Waals surface area contributed by atoms with Gasteiger partial charge in [-0.05, 0) is 23.1 Å². The fraction of sp³-hybridized carbons (Fsp3) is 0.500. The topological polar surface area (TPSA) is 9.23 Å². The minimum atomic E-state index is -1.33. The highest BCUT2D eigenvalue weighted by Crippen LogP contribution is 2.25. The van der Waals surface area contributed by atoms with E-state index in [0.29, 0.717) is 11.8 Å². The lowest BCUT2D eigenvalue weighted by Crippen LogP contribution is -2.61.